The van der Waals surface area contributed by atoms with Crippen LogP contribution in [0.3, 0.4) is 0 Å². The van der Waals surface area contributed by atoms with Gasteiger partial charge in [0.25, 0.3) is 0 Å². The molecule has 0 saturated carbocycles. The summed E-state index contributed by atoms with van der Waals surface area (Å²) in [6.07, 6.45) is 0. The van der Waals surface area contributed by atoms with Gasteiger partial charge >= 0.3 is 0 Å². The van der Waals surface area contributed by atoms with Crippen molar-refractivity contribution < 1.29 is 13.5 Å². The Morgan fingerprint density at radius 1 is 1.35 bits per heavy atom. The zero-order valence-electron chi connectivity index (χ0n) is 11.1. The maximum atomic E-state index is 12.5. The molecular weight excluding hydrogens is 296 g/mol. The van der Waals surface area contributed by atoms with Gasteiger partial charge < -0.3 is 10.8 Å². The molecular formula is C13H16N2O3S2. The molecule has 0 bridgehead atoms. The molecule has 1 atom stereocenters. The van der Waals surface area contributed by atoms with Crippen LogP contribution in [0.25, 0.3) is 0 Å². The first kappa shape index (κ1) is 14.8. The summed E-state index contributed by atoms with van der Waals surface area (Å²) in [7, 11) is -2.12. The molecule has 0 aliphatic rings. The number of benzene rings is 1. The van der Waals surface area contributed by atoms with Crippen molar-refractivity contribution in [2.24, 2.45) is 0 Å². The number of phenols is 1. The molecule has 5 nitrogen and oxygen atoms in total. The van der Waals surface area contributed by atoms with Crippen LogP contribution in [0.15, 0.2) is 40.6 Å². The van der Waals surface area contributed by atoms with E-state index in [2.05, 4.69) is 0 Å². The molecule has 1 unspecified atom stereocenters. The van der Waals surface area contributed by atoms with Crippen molar-refractivity contribution in [2.75, 3.05) is 12.8 Å². The maximum absolute atomic E-state index is 12.5. The van der Waals surface area contributed by atoms with E-state index in [1.165, 1.54) is 40.9 Å². The highest BCUT2D eigenvalue weighted by atomic mass is 32.2. The van der Waals surface area contributed by atoms with Gasteiger partial charge in [-0.05, 0) is 36.6 Å². The summed E-state index contributed by atoms with van der Waals surface area (Å²) >= 11 is 1.51. The number of sulfonamides is 1. The minimum atomic E-state index is -3.65. The smallest absolute Gasteiger partial charge is 0.243 e. The normalized spacial score (nSPS) is 13.6. The Hall–Kier alpha value is -1.57. The molecule has 0 aliphatic heterocycles. The molecule has 0 spiro atoms. The van der Waals surface area contributed by atoms with Gasteiger partial charge in [-0.2, -0.15) is 4.31 Å². The lowest BCUT2D eigenvalue weighted by Crippen LogP contribution is -2.29. The number of nitrogens with zero attached hydrogens (tertiary/aromatic N) is 1. The number of anilines is 1. The fourth-order valence-corrected chi connectivity index (χ4v) is 4.05. The molecule has 1 heterocycles. The van der Waals surface area contributed by atoms with Crippen molar-refractivity contribution in [1.29, 1.82) is 0 Å². The number of hydrogen-bond donors (Lipinski definition) is 2. The van der Waals surface area contributed by atoms with Gasteiger partial charge in [-0.25, -0.2) is 8.42 Å². The number of thiophene rings is 1. The first-order chi connectivity index (χ1) is 9.34. The Morgan fingerprint density at radius 3 is 2.60 bits per heavy atom. The van der Waals surface area contributed by atoms with Gasteiger partial charge in [-0.1, -0.05) is 6.07 Å². The number of aromatic hydroxyl groups is 1. The van der Waals surface area contributed by atoms with Crippen molar-refractivity contribution >= 4 is 27.0 Å². The monoisotopic (exact) mass is 312 g/mol. The molecule has 7 heteroatoms. The lowest BCUT2D eigenvalue weighted by atomic mass is 10.3. The Morgan fingerprint density at radius 2 is 2.05 bits per heavy atom. The maximum Gasteiger partial charge on any atom is 0.243 e. The van der Waals surface area contributed by atoms with Crippen LogP contribution in [0.5, 0.6) is 5.75 Å². The summed E-state index contributed by atoms with van der Waals surface area (Å²) in [6, 6.07) is 7.41. The van der Waals surface area contributed by atoms with E-state index in [-0.39, 0.29) is 22.4 Å². The van der Waals surface area contributed by atoms with Crippen LogP contribution in [0.2, 0.25) is 0 Å². The standard InChI is InChI=1S/C13H16N2O3S2/c1-9(13-4-3-7-19-13)15(2)20(17,18)10-5-6-12(16)11(14)8-10/h3-9,16H,14H2,1-2H3. The number of rotatable bonds is 4. The second-order valence-electron chi connectivity index (χ2n) is 4.43. The van der Waals surface area contributed by atoms with Crippen LogP contribution >= 0.6 is 11.3 Å². The number of nitrogen functional groups attached to an aromatic ring is 1. The average Bonchev–Trinajstić information content (AvgIpc) is 2.94. The third kappa shape index (κ3) is 2.65. The van der Waals surface area contributed by atoms with Gasteiger partial charge in [0, 0.05) is 11.9 Å². The minimum absolute atomic E-state index is 0.0447. The van der Waals surface area contributed by atoms with E-state index >= 15 is 0 Å². The predicted molar refractivity (Wildman–Crippen MR) is 80.2 cm³/mol. The van der Waals surface area contributed by atoms with Crippen LogP contribution in [0.1, 0.15) is 17.8 Å². The van der Waals surface area contributed by atoms with Crippen molar-refractivity contribution in [3.05, 3.63) is 40.6 Å². The molecule has 1 aromatic carbocycles. The molecule has 0 radical (unpaired) electrons. The van der Waals surface area contributed by atoms with Crippen LogP contribution in [0.4, 0.5) is 5.69 Å². The van der Waals surface area contributed by atoms with Crippen LogP contribution in [-0.2, 0) is 10.0 Å². The Labute approximate surface area is 122 Å². The van der Waals surface area contributed by atoms with Gasteiger partial charge in [0.15, 0.2) is 0 Å². The molecule has 2 aromatic rings. The number of phenolic OH excluding ortho intramolecular Hbond substituents is 1. The SMILES string of the molecule is CC(c1cccs1)N(C)S(=O)(=O)c1ccc(O)c(N)c1. The van der Waals surface area contributed by atoms with E-state index in [1.54, 1.807) is 0 Å². The molecule has 0 aliphatic carbocycles. The molecule has 3 N–H and O–H groups in total. The van der Waals surface area contributed by atoms with Crippen molar-refractivity contribution in [3.8, 4) is 5.75 Å². The van der Waals surface area contributed by atoms with Crippen LogP contribution < -0.4 is 5.73 Å². The van der Waals surface area contributed by atoms with Gasteiger partial charge in [0.2, 0.25) is 10.0 Å². The van der Waals surface area contributed by atoms with E-state index in [9.17, 15) is 13.5 Å². The number of hydrogen-bond acceptors (Lipinski definition) is 5. The number of nitrogens with two attached hydrogens (primary N) is 1. The second-order valence-corrected chi connectivity index (χ2v) is 7.41. The fraction of sp³-hybridized carbons (Fsp3) is 0.231. The minimum Gasteiger partial charge on any atom is -0.506 e. The van der Waals surface area contributed by atoms with Gasteiger partial charge in [-0.15, -0.1) is 11.3 Å². The molecule has 1 aromatic heterocycles. The second kappa shape index (κ2) is 5.43. The predicted octanol–water partition coefficient (Wildman–Crippen LogP) is 2.42. The zero-order chi connectivity index (χ0) is 14.9. The summed E-state index contributed by atoms with van der Waals surface area (Å²) < 4.78 is 26.3. The lowest BCUT2D eigenvalue weighted by molar-refractivity contribution is 0.403. The quantitative estimate of drug-likeness (QED) is 0.671. The Balaban J connectivity index is 2.36. The van der Waals surface area contributed by atoms with E-state index in [1.807, 2.05) is 24.4 Å². The van der Waals surface area contributed by atoms with E-state index in [0.717, 1.165) is 4.88 Å². The summed E-state index contributed by atoms with van der Waals surface area (Å²) in [6.45, 7) is 1.83. The molecule has 2 rings (SSSR count). The highest BCUT2D eigenvalue weighted by Gasteiger charge is 2.27. The van der Waals surface area contributed by atoms with E-state index < -0.39 is 10.0 Å². The van der Waals surface area contributed by atoms with Crippen LogP contribution in [-0.4, -0.2) is 24.9 Å². The first-order valence-electron chi connectivity index (χ1n) is 5.94. The van der Waals surface area contributed by atoms with Crippen molar-refractivity contribution in [2.45, 2.75) is 17.9 Å². The van der Waals surface area contributed by atoms with Crippen LogP contribution in [0, 0.1) is 0 Å². The average molecular weight is 312 g/mol. The summed E-state index contributed by atoms with van der Waals surface area (Å²) in [5.74, 6) is -0.127. The zero-order valence-corrected chi connectivity index (χ0v) is 12.8. The molecule has 0 saturated heterocycles. The molecule has 20 heavy (non-hydrogen) atoms. The van der Waals surface area contributed by atoms with Crippen molar-refractivity contribution in [3.63, 3.8) is 0 Å². The third-order valence-corrected chi connectivity index (χ3v) is 6.14. The third-order valence-electron chi connectivity index (χ3n) is 3.18. The summed E-state index contributed by atoms with van der Waals surface area (Å²) in [5, 5.41) is 11.3. The first-order valence-corrected chi connectivity index (χ1v) is 8.26. The Bertz CT molecular complexity index is 696. The summed E-state index contributed by atoms with van der Waals surface area (Å²) in [5.41, 5.74) is 5.60. The van der Waals surface area contributed by atoms with Gasteiger partial charge in [-0.3, -0.25) is 0 Å². The van der Waals surface area contributed by atoms with E-state index in [4.69, 9.17) is 5.73 Å². The molecule has 0 fully saturated rings. The largest absolute Gasteiger partial charge is 0.506 e. The van der Waals surface area contributed by atoms with Crippen molar-refractivity contribution in [1.82, 2.24) is 4.31 Å². The Kier molecular flexibility index (Phi) is 4.03. The molecule has 108 valence electrons. The van der Waals surface area contributed by atoms with Gasteiger partial charge in [0.05, 0.1) is 16.6 Å². The highest BCUT2D eigenvalue weighted by molar-refractivity contribution is 7.89. The lowest BCUT2D eigenvalue weighted by Gasteiger charge is -2.23. The highest BCUT2D eigenvalue weighted by Crippen LogP contribution is 2.30. The molecule has 0 amide bonds. The summed E-state index contributed by atoms with van der Waals surface area (Å²) in [4.78, 5) is 1.03. The fourth-order valence-electron chi connectivity index (χ4n) is 1.78. The van der Waals surface area contributed by atoms with Gasteiger partial charge in [0.1, 0.15) is 5.75 Å². The van der Waals surface area contributed by atoms with E-state index in [0.29, 0.717) is 0 Å². The topological polar surface area (TPSA) is 83.6 Å².